The summed E-state index contributed by atoms with van der Waals surface area (Å²) in [5, 5.41) is 39.7. The molecule has 326 valence electrons. The second-order valence-electron chi connectivity index (χ2n) is 16.1. The number of benzene rings is 4. The molecule has 4 aromatic carbocycles. The van der Waals surface area contributed by atoms with Gasteiger partial charge in [0, 0.05) is 49.7 Å². The Labute approximate surface area is 360 Å². The number of carbonyl (C=O) groups excluding carboxylic acids is 5. The summed E-state index contributed by atoms with van der Waals surface area (Å²) in [6.07, 6.45) is 2.60. The van der Waals surface area contributed by atoms with Gasteiger partial charge in [-0.15, -0.1) is 0 Å². The Morgan fingerprint density at radius 2 is 1.52 bits per heavy atom. The first-order valence-electron chi connectivity index (χ1n) is 20.9. The maximum Gasteiger partial charge on any atom is 0.326 e. The number of likely N-dealkylation sites (N-methyl/N-ethyl adjacent to an activating group) is 1. The molecule has 1 saturated heterocycles. The van der Waals surface area contributed by atoms with Crippen LogP contribution in [-0.4, -0.2) is 105 Å². The molecule has 15 heteroatoms. The van der Waals surface area contributed by atoms with Crippen LogP contribution in [0.25, 0.3) is 22.3 Å². The number of aryl methyl sites for hydroxylation is 1. The molecule has 2 aliphatic rings. The number of nitrogens with zero attached hydrogens (tertiary/aromatic N) is 2. The van der Waals surface area contributed by atoms with Gasteiger partial charge in [-0.3, -0.25) is 24.0 Å². The van der Waals surface area contributed by atoms with Gasteiger partial charge in [-0.2, -0.15) is 0 Å². The lowest BCUT2D eigenvalue weighted by molar-refractivity contribution is -0.147. The fraction of sp³-hybridized carbons (Fsp3) is 0.362. The Bertz CT molecular complexity index is 2320. The maximum absolute atomic E-state index is 14.6. The lowest BCUT2D eigenvalue weighted by atomic mass is 9.93. The number of fused-ring (bicyclic) bond motifs is 5. The number of phenols is 2. The Kier molecular flexibility index (Phi) is 14.3. The summed E-state index contributed by atoms with van der Waals surface area (Å²) < 4.78 is 0. The van der Waals surface area contributed by atoms with Crippen LogP contribution < -0.4 is 21.7 Å². The van der Waals surface area contributed by atoms with E-state index in [0.29, 0.717) is 24.1 Å². The van der Waals surface area contributed by atoms with E-state index in [1.165, 1.54) is 65.7 Å². The maximum atomic E-state index is 14.6. The predicted molar refractivity (Wildman–Crippen MR) is 232 cm³/mol. The highest BCUT2D eigenvalue weighted by Gasteiger charge is 2.43. The number of rotatable bonds is 12. The molecule has 2 aliphatic heterocycles. The topological polar surface area (TPSA) is 232 Å². The van der Waals surface area contributed by atoms with Crippen molar-refractivity contribution in [3.8, 4) is 33.8 Å². The van der Waals surface area contributed by atoms with Crippen LogP contribution in [0.15, 0.2) is 84.9 Å². The second-order valence-corrected chi connectivity index (χ2v) is 16.1. The summed E-state index contributed by atoms with van der Waals surface area (Å²) in [5.74, 6) is -4.84. The number of carboxylic acid groups (broad SMARTS) is 1. The number of nitrogens with one attached hydrogen (secondary N) is 3. The van der Waals surface area contributed by atoms with E-state index in [9.17, 15) is 44.1 Å². The highest BCUT2D eigenvalue weighted by Crippen LogP contribution is 2.39. The summed E-state index contributed by atoms with van der Waals surface area (Å²) in [5.41, 5.74) is 10.5. The lowest BCUT2D eigenvalue weighted by Gasteiger charge is -2.33. The minimum Gasteiger partial charge on any atom is -0.507 e. The Morgan fingerprint density at radius 1 is 0.871 bits per heavy atom. The number of nitrogens with two attached hydrogens (primary N) is 1. The zero-order valence-corrected chi connectivity index (χ0v) is 35.1. The van der Waals surface area contributed by atoms with Gasteiger partial charge < -0.3 is 46.8 Å². The van der Waals surface area contributed by atoms with Gasteiger partial charge >= 0.3 is 5.97 Å². The van der Waals surface area contributed by atoms with Gasteiger partial charge in [-0.25, -0.2) is 4.79 Å². The number of aromatic hydroxyl groups is 2. The normalized spacial score (nSPS) is 20.1. The number of hydrogen-bond donors (Lipinski definition) is 7. The van der Waals surface area contributed by atoms with Crippen LogP contribution >= 0.6 is 0 Å². The van der Waals surface area contributed by atoms with Crippen LogP contribution in [0, 0.1) is 5.92 Å². The minimum absolute atomic E-state index is 0.00512. The summed E-state index contributed by atoms with van der Waals surface area (Å²) >= 11 is 0. The number of hydrogen-bond acceptors (Lipinski definition) is 9. The van der Waals surface area contributed by atoms with Crippen LogP contribution in [0.4, 0.5) is 0 Å². The number of aliphatic carboxylic acids is 1. The zero-order valence-electron chi connectivity index (χ0n) is 35.1. The first kappa shape index (κ1) is 44.8. The van der Waals surface area contributed by atoms with E-state index < -0.39 is 47.9 Å². The summed E-state index contributed by atoms with van der Waals surface area (Å²) in [4.78, 5) is 83.9. The van der Waals surface area contributed by atoms with E-state index in [4.69, 9.17) is 5.73 Å². The van der Waals surface area contributed by atoms with Gasteiger partial charge in [0.25, 0.3) is 5.91 Å². The van der Waals surface area contributed by atoms with Crippen molar-refractivity contribution in [2.24, 2.45) is 11.7 Å². The van der Waals surface area contributed by atoms with Gasteiger partial charge in [0.2, 0.25) is 23.6 Å². The van der Waals surface area contributed by atoms with Crippen molar-refractivity contribution in [1.82, 2.24) is 25.8 Å². The monoisotopic (exact) mass is 846 g/mol. The van der Waals surface area contributed by atoms with Crippen molar-refractivity contribution < 1.29 is 44.1 Å². The molecule has 15 nitrogen and oxygen atoms in total. The molecule has 5 amide bonds. The number of carboxylic acids is 1. The molecule has 0 spiro atoms. The van der Waals surface area contributed by atoms with E-state index in [1.54, 1.807) is 12.1 Å². The van der Waals surface area contributed by atoms with Crippen molar-refractivity contribution in [3.05, 3.63) is 107 Å². The molecule has 0 radical (unpaired) electrons. The zero-order chi connectivity index (χ0) is 44.7. The summed E-state index contributed by atoms with van der Waals surface area (Å²) in [6.45, 7) is 4.07. The summed E-state index contributed by atoms with van der Waals surface area (Å²) in [7, 11) is 1.40. The molecule has 6 rings (SSSR count). The van der Waals surface area contributed by atoms with Crippen molar-refractivity contribution in [2.45, 2.75) is 76.5 Å². The van der Waals surface area contributed by atoms with Crippen LogP contribution in [0.3, 0.4) is 0 Å². The number of likely N-dealkylation sites (tertiary alicyclic amines) is 1. The summed E-state index contributed by atoms with van der Waals surface area (Å²) in [6, 6.07) is 19.0. The molecule has 2 heterocycles. The molecule has 62 heavy (non-hydrogen) atoms. The Morgan fingerprint density at radius 3 is 2.16 bits per heavy atom. The predicted octanol–water partition coefficient (Wildman–Crippen LogP) is 3.90. The number of amides is 5. The first-order chi connectivity index (χ1) is 29.7. The standard InChI is InChI=1S/C47H54N6O9/c1-4-5-28-6-9-31(10-7-28)32-11-13-33(14-12-32)44(58)49-21-19-41(56)53-26-30(18-20-48)24-38(53)46(60)52(3)42-34-15-17-40(55)36(25-34)35-22-29(8-16-39(35)54)23-37(47(61)62)51-43(57)27(2)50-45(42)59/h6-17,22,25,27,30,37-38,42,54-55H,4-5,18-21,23-24,26,48H2,1-3H3,(H,49,58)(H,50,59)(H,51,57)(H,61,62)/t27-,30?,37-,38-,42-/m0/s1. The smallest absolute Gasteiger partial charge is 0.326 e. The van der Waals surface area contributed by atoms with Crippen LogP contribution in [-0.2, 0) is 36.8 Å². The molecule has 1 fully saturated rings. The van der Waals surface area contributed by atoms with Crippen molar-refractivity contribution >= 4 is 35.5 Å². The quantitative estimate of drug-likeness (QED) is 0.109. The third kappa shape index (κ3) is 10.2. The Balaban J connectivity index is 1.21. The van der Waals surface area contributed by atoms with E-state index in [0.717, 1.165) is 24.0 Å². The van der Waals surface area contributed by atoms with E-state index >= 15 is 0 Å². The average molecular weight is 847 g/mol. The van der Waals surface area contributed by atoms with Gasteiger partial charge in [0.1, 0.15) is 35.7 Å². The van der Waals surface area contributed by atoms with Gasteiger partial charge in [0.05, 0.1) is 0 Å². The lowest BCUT2D eigenvalue weighted by Crippen LogP contribution is -2.54. The molecular weight excluding hydrogens is 793 g/mol. The molecule has 1 unspecified atom stereocenters. The molecule has 4 aromatic rings. The van der Waals surface area contributed by atoms with E-state index in [-0.39, 0.29) is 78.3 Å². The second kappa shape index (κ2) is 19.8. The molecule has 4 bridgehead atoms. The third-order valence-corrected chi connectivity index (χ3v) is 11.6. The molecule has 0 saturated carbocycles. The fourth-order valence-electron chi connectivity index (χ4n) is 8.24. The van der Waals surface area contributed by atoms with Crippen LogP contribution in [0.2, 0.25) is 0 Å². The van der Waals surface area contributed by atoms with Crippen molar-refractivity contribution in [1.29, 1.82) is 0 Å². The third-order valence-electron chi connectivity index (χ3n) is 11.6. The molecule has 5 atom stereocenters. The van der Waals surface area contributed by atoms with E-state index in [2.05, 4.69) is 47.1 Å². The molecule has 0 aliphatic carbocycles. The van der Waals surface area contributed by atoms with Gasteiger partial charge in [-0.1, -0.05) is 61.9 Å². The largest absolute Gasteiger partial charge is 0.507 e. The van der Waals surface area contributed by atoms with Gasteiger partial charge in [-0.05, 0) is 103 Å². The minimum atomic E-state index is -1.42. The number of carbonyl (C=O) groups is 6. The highest BCUT2D eigenvalue weighted by molar-refractivity contribution is 5.97. The average Bonchev–Trinajstić information content (AvgIpc) is 3.68. The Hall–Kier alpha value is -6.74. The SMILES string of the molecule is CCCc1ccc(-c2ccc(C(=O)NCCC(=O)N3CC(CCN)C[C@H]3C(=O)N(C)[C@@H]3C(=O)N[C@@H](C)C(=O)N[C@H](C(=O)O)Cc4ccc(O)c(c4)-c4cc3ccc4O)cc2)cc1. The van der Waals surface area contributed by atoms with Crippen molar-refractivity contribution in [3.63, 3.8) is 0 Å². The van der Waals surface area contributed by atoms with Gasteiger partial charge in [0.15, 0.2) is 0 Å². The molecule has 8 N–H and O–H groups in total. The highest BCUT2D eigenvalue weighted by atomic mass is 16.4. The molecular formula is C47H54N6O9. The number of phenolic OH excluding ortho intramolecular Hbond substituents is 2. The van der Waals surface area contributed by atoms with Crippen molar-refractivity contribution in [2.75, 3.05) is 26.7 Å². The fourth-order valence-corrected chi connectivity index (χ4v) is 8.24. The first-order valence-corrected chi connectivity index (χ1v) is 20.9. The van der Waals surface area contributed by atoms with E-state index in [1.807, 2.05) is 12.1 Å². The molecule has 0 aromatic heterocycles. The van der Waals surface area contributed by atoms with Crippen LogP contribution in [0.1, 0.15) is 72.6 Å². The van der Waals surface area contributed by atoms with Crippen LogP contribution in [0.5, 0.6) is 11.5 Å².